The molecular formula is C22H25ClN4O2. The Morgan fingerprint density at radius 3 is 2.48 bits per heavy atom. The van der Waals surface area contributed by atoms with Gasteiger partial charge in [0.15, 0.2) is 0 Å². The van der Waals surface area contributed by atoms with Crippen LogP contribution in [-0.4, -0.2) is 59.3 Å². The SMILES string of the molecule is CC(c1nc(-c2ccccc2)no1)N1CCN(CCOc2ccc(Cl)cc2)CC1. The Bertz CT molecular complexity index is 893. The van der Waals surface area contributed by atoms with E-state index in [2.05, 4.69) is 26.9 Å². The first-order chi connectivity index (χ1) is 14.2. The number of benzene rings is 2. The van der Waals surface area contributed by atoms with Gasteiger partial charge in [-0.25, -0.2) is 0 Å². The molecule has 6 nitrogen and oxygen atoms in total. The summed E-state index contributed by atoms with van der Waals surface area (Å²) in [5.74, 6) is 2.17. The minimum absolute atomic E-state index is 0.104. The van der Waals surface area contributed by atoms with Gasteiger partial charge in [0.1, 0.15) is 12.4 Å². The van der Waals surface area contributed by atoms with Crippen molar-refractivity contribution < 1.29 is 9.26 Å². The summed E-state index contributed by atoms with van der Waals surface area (Å²) < 4.78 is 11.3. The van der Waals surface area contributed by atoms with E-state index in [0.717, 1.165) is 49.1 Å². The molecule has 4 rings (SSSR count). The molecule has 0 bridgehead atoms. The molecule has 0 spiro atoms. The second-order valence-electron chi connectivity index (χ2n) is 7.18. The molecule has 2 aromatic carbocycles. The summed E-state index contributed by atoms with van der Waals surface area (Å²) in [6.07, 6.45) is 0. The first-order valence-corrected chi connectivity index (χ1v) is 10.3. The Balaban J connectivity index is 1.24. The minimum atomic E-state index is 0.104. The Kier molecular flexibility index (Phi) is 6.44. The number of nitrogens with zero attached hydrogens (tertiary/aromatic N) is 4. The zero-order chi connectivity index (χ0) is 20.1. The van der Waals surface area contributed by atoms with Crippen LogP contribution < -0.4 is 4.74 Å². The third kappa shape index (κ3) is 5.15. The average Bonchev–Trinajstić information content (AvgIpc) is 3.26. The van der Waals surface area contributed by atoms with Crippen molar-refractivity contribution in [3.8, 4) is 17.1 Å². The summed E-state index contributed by atoms with van der Waals surface area (Å²) in [6.45, 7) is 7.62. The number of hydrogen-bond acceptors (Lipinski definition) is 6. The van der Waals surface area contributed by atoms with Crippen molar-refractivity contribution in [2.24, 2.45) is 0 Å². The first-order valence-electron chi connectivity index (χ1n) is 9.93. The zero-order valence-electron chi connectivity index (χ0n) is 16.5. The third-order valence-electron chi connectivity index (χ3n) is 5.28. The number of rotatable bonds is 7. The van der Waals surface area contributed by atoms with E-state index in [1.807, 2.05) is 54.6 Å². The van der Waals surface area contributed by atoms with Crippen molar-refractivity contribution in [1.29, 1.82) is 0 Å². The lowest BCUT2D eigenvalue weighted by molar-refractivity contribution is 0.0800. The highest BCUT2D eigenvalue weighted by atomic mass is 35.5. The van der Waals surface area contributed by atoms with Gasteiger partial charge in [-0.15, -0.1) is 0 Å². The molecule has 0 aliphatic carbocycles. The van der Waals surface area contributed by atoms with E-state index in [1.54, 1.807) is 0 Å². The quantitative estimate of drug-likeness (QED) is 0.581. The Morgan fingerprint density at radius 1 is 1.03 bits per heavy atom. The van der Waals surface area contributed by atoms with Crippen LogP contribution in [0.25, 0.3) is 11.4 Å². The van der Waals surface area contributed by atoms with Crippen LogP contribution in [0.1, 0.15) is 18.9 Å². The van der Waals surface area contributed by atoms with Gasteiger partial charge in [0.05, 0.1) is 6.04 Å². The summed E-state index contributed by atoms with van der Waals surface area (Å²) in [5, 5.41) is 4.87. The van der Waals surface area contributed by atoms with E-state index >= 15 is 0 Å². The van der Waals surface area contributed by atoms with Crippen molar-refractivity contribution in [3.05, 3.63) is 65.5 Å². The predicted octanol–water partition coefficient (Wildman–Crippen LogP) is 4.15. The molecule has 1 saturated heterocycles. The topological polar surface area (TPSA) is 54.6 Å². The molecule has 1 aliphatic heterocycles. The van der Waals surface area contributed by atoms with E-state index in [0.29, 0.717) is 18.3 Å². The van der Waals surface area contributed by atoms with Gasteiger partial charge in [0.2, 0.25) is 11.7 Å². The fourth-order valence-electron chi connectivity index (χ4n) is 3.46. The van der Waals surface area contributed by atoms with Crippen LogP contribution in [0, 0.1) is 0 Å². The molecule has 7 heteroatoms. The molecular weight excluding hydrogens is 388 g/mol. The van der Waals surface area contributed by atoms with Crippen molar-refractivity contribution in [2.45, 2.75) is 13.0 Å². The largest absolute Gasteiger partial charge is 0.492 e. The molecule has 3 aromatic rings. The third-order valence-corrected chi connectivity index (χ3v) is 5.53. The summed E-state index contributed by atoms with van der Waals surface area (Å²) in [7, 11) is 0. The van der Waals surface area contributed by atoms with Crippen LogP contribution in [0.15, 0.2) is 59.1 Å². The Morgan fingerprint density at radius 2 is 1.76 bits per heavy atom. The smallest absolute Gasteiger partial charge is 0.244 e. The van der Waals surface area contributed by atoms with Gasteiger partial charge in [0.25, 0.3) is 0 Å². The van der Waals surface area contributed by atoms with Gasteiger partial charge >= 0.3 is 0 Å². The fraction of sp³-hybridized carbons (Fsp3) is 0.364. The number of halogens is 1. The molecule has 1 fully saturated rings. The average molecular weight is 413 g/mol. The molecule has 2 heterocycles. The van der Waals surface area contributed by atoms with Gasteiger partial charge in [-0.1, -0.05) is 47.1 Å². The molecule has 1 unspecified atom stereocenters. The maximum absolute atomic E-state index is 5.90. The van der Waals surface area contributed by atoms with Crippen molar-refractivity contribution >= 4 is 11.6 Å². The van der Waals surface area contributed by atoms with E-state index < -0.39 is 0 Å². The number of ether oxygens (including phenoxy) is 1. The molecule has 0 N–H and O–H groups in total. The van der Waals surface area contributed by atoms with Crippen LogP contribution >= 0.6 is 11.6 Å². The number of aromatic nitrogens is 2. The van der Waals surface area contributed by atoms with Crippen LogP contribution in [0.2, 0.25) is 5.02 Å². The number of hydrogen-bond donors (Lipinski definition) is 0. The molecule has 1 atom stereocenters. The summed E-state index contributed by atoms with van der Waals surface area (Å²) >= 11 is 5.90. The van der Waals surface area contributed by atoms with Gasteiger partial charge in [-0.2, -0.15) is 4.98 Å². The normalized spacial score (nSPS) is 16.6. The van der Waals surface area contributed by atoms with Gasteiger partial charge in [-0.3, -0.25) is 9.80 Å². The van der Waals surface area contributed by atoms with Gasteiger partial charge < -0.3 is 9.26 Å². The highest BCUT2D eigenvalue weighted by molar-refractivity contribution is 6.30. The second-order valence-corrected chi connectivity index (χ2v) is 7.61. The van der Waals surface area contributed by atoms with Crippen molar-refractivity contribution in [2.75, 3.05) is 39.3 Å². The van der Waals surface area contributed by atoms with Crippen LogP contribution in [0.4, 0.5) is 0 Å². The molecule has 152 valence electrons. The van der Waals surface area contributed by atoms with Gasteiger partial charge in [-0.05, 0) is 31.2 Å². The maximum atomic E-state index is 5.90. The van der Waals surface area contributed by atoms with E-state index in [4.69, 9.17) is 20.9 Å². The van der Waals surface area contributed by atoms with Gasteiger partial charge in [0, 0.05) is 43.3 Å². The summed E-state index contributed by atoms with van der Waals surface area (Å²) in [4.78, 5) is 9.41. The lowest BCUT2D eigenvalue weighted by Gasteiger charge is -2.36. The van der Waals surface area contributed by atoms with Crippen molar-refractivity contribution in [1.82, 2.24) is 19.9 Å². The summed E-state index contributed by atoms with van der Waals surface area (Å²) in [5.41, 5.74) is 0.972. The summed E-state index contributed by atoms with van der Waals surface area (Å²) in [6, 6.07) is 17.5. The molecule has 0 saturated carbocycles. The lowest BCUT2D eigenvalue weighted by Crippen LogP contribution is -2.48. The maximum Gasteiger partial charge on any atom is 0.244 e. The van der Waals surface area contributed by atoms with Crippen LogP contribution in [-0.2, 0) is 0 Å². The predicted molar refractivity (Wildman–Crippen MR) is 113 cm³/mol. The molecule has 1 aromatic heterocycles. The monoisotopic (exact) mass is 412 g/mol. The van der Waals surface area contributed by atoms with Crippen LogP contribution in [0.5, 0.6) is 5.75 Å². The Hall–Kier alpha value is -2.41. The minimum Gasteiger partial charge on any atom is -0.492 e. The van der Waals surface area contributed by atoms with Crippen molar-refractivity contribution in [3.63, 3.8) is 0 Å². The molecule has 29 heavy (non-hydrogen) atoms. The molecule has 1 aliphatic rings. The highest BCUT2D eigenvalue weighted by Gasteiger charge is 2.25. The first kappa shape index (κ1) is 19.9. The highest BCUT2D eigenvalue weighted by Crippen LogP contribution is 2.23. The standard InChI is InChI=1S/C22H25ClN4O2/c1-17(22-24-21(25-29-22)18-5-3-2-4-6-18)27-13-11-26(12-14-27)15-16-28-20-9-7-19(23)8-10-20/h2-10,17H,11-16H2,1H3. The molecule has 0 amide bonds. The molecule has 0 radical (unpaired) electrons. The second kappa shape index (κ2) is 9.39. The Labute approximate surface area is 176 Å². The van der Waals surface area contributed by atoms with E-state index in [9.17, 15) is 0 Å². The van der Waals surface area contributed by atoms with Crippen LogP contribution in [0.3, 0.4) is 0 Å². The number of piperazine rings is 1. The lowest BCUT2D eigenvalue weighted by atomic mass is 10.2. The zero-order valence-corrected chi connectivity index (χ0v) is 17.3. The fourth-order valence-corrected chi connectivity index (χ4v) is 3.59. The van der Waals surface area contributed by atoms with E-state index in [1.165, 1.54) is 0 Å². The van der Waals surface area contributed by atoms with E-state index in [-0.39, 0.29) is 6.04 Å².